The lowest BCUT2D eigenvalue weighted by Gasteiger charge is -2.24. The molecule has 0 aliphatic rings. The molecule has 0 fully saturated rings. The molecule has 6 nitrogen and oxygen atoms in total. The summed E-state index contributed by atoms with van der Waals surface area (Å²) in [6, 6.07) is 0. The molecule has 0 N–H and O–H groups in total. The summed E-state index contributed by atoms with van der Waals surface area (Å²) in [5.41, 5.74) is 0. The van der Waals surface area contributed by atoms with Crippen molar-refractivity contribution in [3.8, 4) is 0 Å². The van der Waals surface area contributed by atoms with Crippen molar-refractivity contribution >= 4 is 17.8 Å². The minimum absolute atomic E-state index is 0.813. The molecule has 36 heavy (non-hydrogen) atoms. The molecule has 6 heteroatoms. The quantitative estimate of drug-likeness (QED) is 0.132. The summed E-state index contributed by atoms with van der Waals surface area (Å²) in [7, 11) is 6.41. The van der Waals surface area contributed by atoms with Gasteiger partial charge in [-0.25, -0.2) is 0 Å². The number of anilines is 3. The standard InChI is InChI=1S/C30H60N6/c1-7-10-13-16-19-22-25-34(4)28-31-29(35(5)26-23-20-17-14-11-8-2)33-30(32-28)36(6)27-24-21-18-15-12-9-3/h7-27H2,1-6H3. The van der Waals surface area contributed by atoms with Gasteiger partial charge in [0.1, 0.15) is 0 Å². The SMILES string of the molecule is CCCCCCCCN(C)c1nc(N(C)CCCCCCCC)nc(N(C)CCCCCCCC)n1. The van der Waals surface area contributed by atoms with Crippen LogP contribution in [0.5, 0.6) is 0 Å². The van der Waals surface area contributed by atoms with E-state index in [4.69, 9.17) is 15.0 Å². The third kappa shape index (κ3) is 14.8. The van der Waals surface area contributed by atoms with E-state index in [2.05, 4.69) is 56.6 Å². The summed E-state index contributed by atoms with van der Waals surface area (Å²) in [5, 5.41) is 0. The van der Waals surface area contributed by atoms with Gasteiger partial charge in [-0.1, -0.05) is 117 Å². The molecule has 0 bridgehead atoms. The van der Waals surface area contributed by atoms with Crippen LogP contribution in [0.25, 0.3) is 0 Å². The van der Waals surface area contributed by atoms with Crippen LogP contribution in [0.2, 0.25) is 0 Å². The topological polar surface area (TPSA) is 48.4 Å². The number of rotatable bonds is 24. The predicted octanol–water partition coefficient (Wildman–Crippen LogP) is 8.26. The van der Waals surface area contributed by atoms with E-state index in [1.54, 1.807) is 0 Å². The summed E-state index contributed by atoms with van der Waals surface area (Å²) < 4.78 is 0. The van der Waals surface area contributed by atoms with Crippen LogP contribution in [-0.4, -0.2) is 55.7 Å². The lowest BCUT2D eigenvalue weighted by atomic mass is 10.1. The Balaban J connectivity index is 2.75. The van der Waals surface area contributed by atoms with Crippen LogP contribution in [0, 0.1) is 0 Å². The van der Waals surface area contributed by atoms with Gasteiger partial charge in [-0.05, 0) is 19.3 Å². The first-order chi connectivity index (χ1) is 17.5. The third-order valence-corrected chi connectivity index (χ3v) is 7.17. The van der Waals surface area contributed by atoms with Crippen molar-refractivity contribution in [1.82, 2.24) is 15.0 Å². The lowest BCUT2D eigenvalue weighted by molar-refractivity contribution is 0.598. The summed E-state index contributed by atoms with van der Waals surface area (Å²) in [4.78, 5) is 21.4. The lowest BCUT2D eigenvalue weighted by Crippen LogP contribution is -2.29. The van der Waals surface area contributed by atoms with Gasteiger partial charge in [-0.2, -0.15) is 15.0 Å². The van der Waals surface area contributed by atoms with E-state index in [1.165, 1.54) is 116 Å². The number of nitrogens with zero attached hydrogens (tertiary/aromatic N) is 6. The second-order valence-electron chi connectivity index (χ2n) is 10.8. The van der Waals surface area contributed by atoms with Gasteiger partial charge in [-0.15, -0.1) is 0 Å². The van der Waals surface area contributed by atoms with Crippen LogP contribution >= 0.6 is 0 Å². The van der Waals surface area contributed by atoms with E-state index in [1.807, 2.05) is 0 Å². The van der Waals surface area contributed by atoms with Crippen molar-refractivity contribution in [3.05, 3.63) is 0 Å². The first kappa shape index (κ1) is 32.4. The molecule has 0 atom stereocenters. The Morgan fingerprint density at radius 1 is 0.361 bits per heavy atom. The molecule has 0 saturated carbocycles. The van der Waals surface area contributed by atoms with Crippen LogP contribution < -0.4 is 14.7 Å². The Kier molecular flexibility index (Phi) is 19.4. The van der Waals surface area contributed by atoms with Crippen LogP contribution in [-0.2, 0) is 0 Å². The van der Waals surface area contributed by atoms with Crippen molar-refractivity contribution in [3.63, 3.8) is 0 Å². The van der Waals surface area contributed by atoms with E-state index < -0.39 is 0 Å². The minimum Gasteiger partial charge on any atom is -0.344 e. The van der Waals surface area contributed by atoms with Crippen LogP contribution in [0.3, 0.4) is 0 Å². The maximum atomic E-state index is 4.91. The number of unbranched alkanes of at least 4 members (excludes halogenated alkanes) is 15. The zero-order valence-corrected chi connectivity index (χ0v) is 25.0. The first-order valence-corrected chi connectivity index (χ1v) is 15.4. The molecule has 1 rings (SSSR count). The van der Waals surface area contributed by atoms with Crippen molar-refractivity contribution in [1.29, 1.82) is 0 Å². The second-order valence-corrected chi connectivity index (χ2v) is 10.8. The Bertz CT molecular complexity index is 540. The predicted molar refractivity (Wildman–Crippen MR) is 160 cm³/mol. The fourth-order valence-electron chi connectivity index (χ4n) is 4.54. The molecular weight excluding hydrogens is 444 g/mol. The van der Waals surface area contributed by atoms with Gasteiger partial charge in [-0.3, -0.25) is 0 Å². The molecule has 0 aliphatic carbocycles. The molecule has 210 valence electrons. The van der Waals surface area contributed by atoms with Crippen molar-refractivity contribution < 1.29 is 0 Å². The van der Waals surface area contributed by atoms with E-state index in [0.29, 0.717) is 0 Å². The monoisotopic (exact) mass is 504 g/mol. The fraction of sp³-hybridized carbons (Fsp3) is 0.900. The van der Waals surface area contributed by atoms with E-state index in [0.717, 1.165) is 37.5 Å². The fourth-order valence-corrected chi connectivity index (χ4v) is 4.54. The Hall–Kier alpha value is -1.59. The number of hydrogen-bond acceptors (Lipinski definition) is 6. The minimum atomic E-state index is 0.813. The summed E-state index contributed by atoms with van der Waals surface area (Å²) in [6.45, 7) is 9.82. The zero-order valence-electron chi connectivity index (χ0n) is 25.0. The summed E-state index contributed by atoms with van der Waals surface area (Å²) >= 11 is 0. The largest absolute Gasteiger partial charge is 0.344 e. The molecule has 0 amide bonds. The summed E-state index contributed by atoms with van der Waals surface area (Å²) in [5.74, 6) is 2.44. The number of aromatic nitrogens is 3. The molecule has 0 unspecified atom stereocenters. The average Bonchev–Trinajstić information content (AvgIpc) is 2.89. The third-order valence-electron chi connectivity index (χ3n) is 7.17. The maximum absolute atomic E-state index is 4.91. The molecule has 0 saturated heterocycles. The Morgan fingerprint density at radius 2 is 0.583 bits per heavy atom. The molecule has 1 heterocycles. The van der Waals surface area contributed by atoms with Crippen LogP contribution in [0.1, 0.15) is 136 Å². The van der Waals surface area contributed by atoms with E-state index >= 15 is 0 Å². The molecule has 0 radical (unpaired) electrons. The van der Waals surface area contributed by atoms with Crippen molar-refractivity contribution in [2.75, 3.05) is 55.5 Å². The van der Waals surface area contributed by atoms with Gasteiger partial charge in [0, 0.05) is 40.8 Å². The van der Waals surface area contributed by atoms with E-state index in [-0.39, 0.29) is 0 Å². The highest BCUT2D eigenvalue weighted by Gasteiger charge is 2.15. The Labute approximate surface area is 224 Å². The normalized spacial score (nSPS) is 11.2. The first-order valence-electron chi connectivity index (χ1n) is 15.4. The van der Waals surface area contributed by atoms with Gasteiger partial charge < -0.3 is 14.7 Å². The van der Waals surface area contributed by atoms with Crippen molar-refractivity contribution in [2.24, 2.45) is 0 Å². The highest BCUT2D eigenvalue weighted by Crippen LogP contribution is 2.19. The Morgan fingerprint density at radius 3 is 0.833 bits per heavy atom. The van der Waals surface area contributed by atoms with E-state index in [9.17, 15) is 0 Å². The second kappa shape index (κ2) is 21.5. The summed E-state index contributed by atoms with van der Waals surface area (Å²) in [6.07, 6.45) is 23.4. The van der Waals surface area contributed by atoms with Crippen LogP contribution in [0.15, 0.2) is 0 Å². The molecule has 1 aromatic heterocycles. The molecule has 0 aromatic carbocycles. The number of hydrogen-bond donors (Lipinski definition) is 0. The van der Waals surface area contributed by atoms with Gasteiger partial charge in [0.15, 0.2) is 0 Å². The van der Waals surface area contributed by atoms with Crippen LogP contribution in [0.4, 0.5) is 17.8 Å². The van der Waals surface area contributed by atoms with Gasteiger partial charge in [0.25, 0.3) is 0 Å². The van der Waals surface area contributed by atoms with Crippen molar-refractivity contribution in [2.45, 2.75) is 136 Å². The highest BCUT2D eigenvalue weighted by atomic mass is 15.4. The molecule has 1 aromatic rings. The smallest absolute Gasteiger partial charge is 0.231 e. The molecular formula is C30H60N6. The maximum Gasteiger partial charge on any atom is 0.231 e. The van der Waals surface area contributed by atoms with Gasteiger partial charge in [0.05, 0.1) is 0 Å². The molecule has 0 spiro atoms. The van der Waals surface area contributed by atoms with Gasteiger partial charge >= 0.3 is 0 Å². The average molecular weight is 505 g/mol. The molecule has 0 aliphatic heterocycles. The van der Waals surface area contributed by atoms with Gasteiger partial charge in [0.2, 0.25) is 17.8 Å². The zero-order chi connectivity index (χ0) is 26.4. The highest BCUT2D eigenvalue weighted by molar-refractivity contribution is 5.45.